The number of rotatable bonds is 10. The van der Waals surface area contributed by atoms with Gasteiger partial charge in [0, 0.05) is 40.5 Å². The molecule has 0 aromatic heterocycles. The van der Waals surface area contributed by atoms with Gasteiger partial charge in [-0.3, -0.25) is 4.79 Å². The van der Waals surface area contributed by atoms with Crippen LogP contribution in [0.2, 0.25) is 0 Å². The van der Waals surface area contributed by atoms with Crippen LogP contribution in [0.15, 0.2) is 0 Å². The van der Waals surface area contributed by atoms with Crippen LogP contribution in [0.3, 0.4) is 0 Å². The second kappa shape index (κ2) is 6.69. The Hall–Kier alpha value is -0.650. The molecule has 0 N–H and O–H groups in total. The number of carbonyl (C=O) groups is 1. The molecule has 1 amide bonds. The Labute approximate surface area is 139 Å². The molecule has 4 rings (SSSR count). The highest BCUT2D eigenvalue weighted by Crippen LogP contribution is 2.74. The number of methoxy groups -OCH3 is 2. The first kappa shape index (κ1) is 17.2. The Morgan fingerprint density at radius 2 is 1.78 bits per heavy atom. The molecule has 4 fully saturated rings. The molecular formula is C18H31NO4. The third-order valence-electron chi connectivity index (χ3n) is 6.16. The largest absolute Gasteiger partial charge is 0.385 e. The molecule has 4 aliphatic carbocycles. The standard InChI is InChI=1S/C18H31NO4/c1-19(14-8-15(9-14)22-3)16(20)18-10-17(11-18,12-18)13-23-7-5-4-6-21-2/h14-15H,4-13H2,1-3H3. The summed E-state index contributed by atoms with van der Waals surface area (Å²) in [7, 11) is 5.45. The molecule has 0 saturated heterocycles. The van der Waals surface area contributed by atoms with Crippen LogP contribution in [0.4, 0.5) is 0 Å². The minimum atomic E-state index is -0.0493. The monoisotopic (exact) mass is 325 g/mol. The Morgan fingerprint density at radius 3 is 2.39 bits per heavy atom. The summed E-state index contributed by atoms with van der Waals surface area (Å²) in [6.45, 7) is 2.45. The summed E-state index contributed by atoms with van der Waals surface area (Å²) in [4.78, 5) is 14.7. The Balaban J connectivity index is 1.33. The molecule has 0 atom stereocenters. The average molecular weight is 325 g/mol. The third kappa shape index (κ3) is 3.15. The van der Waals surface area contributed by atoms with Crippen molar-refractivity contribution < 1.29 is 19.0 Å². The second-order valence-electron chi connectivity index (χ2n) is 7.96. The fraction of sp³-hybridized carbons (Fsp3) is 0.944. The second-order valence-corrected chi connectivity index (χ2v) is 7.96. The maximum Gasteiger partial charge on any atom is 0.228 e. The molecule has 0 unspecified atom stereocenters. The molecule has 0 aliphatic heterocycles. The highest BCUT2D eigenvalue weighted by Gasteiger charge is 2.72. The van der Waals surface area contributed by atoms with Crippen LogP contribution >= 0.6 is 0 Å². The predicted molar refractivity (Wildman–Crippen MR) is 87.2 cm³/mol. The average Bonchev–Trinajstić information content (AvgIpc) is 2.41. The predicted octanol–water partition coefficient (Wildman–Crippen LogP) is 2.24. The fourth-order valence-electron chi connectivity index (χ4n) is 4.70. The van der Waals surface area contributed by atoms with Crippen LogP contribution in [0.1, 0.15) is 44.9 Å². The maximum atomic E-state index is 12.7. The van der Waals surface area contributed by atoms with E-state index in [1.54, 1.807) is 14.2 Å². The van der Waals surface area contributed by atoms with E-state index in [4.69, 9.17) is 14.2 Å². The van der Waals surface area contributed by atoms with Crippen molar-refractivity contribution in [3.05, 3.63) is 0 Å². The zero-order chi connectivity index (χ0) is 16.5. The number of hydrogen-bond acceptors (Lipinski definition) is 4. The van der Waals surface area contributed by atoms with Crippen LogP contribution in [0, 0.1) is 10.8 Å². The van der Waals surface area contributed by atoms with Crippen molar-refractivity contribution in [1.29, 1.82) is 0 Å². The lowest BCUT2D eigenvalue weighted by atomic mass is 9.35. The quantitative estimate of drug-likeness (QED) is 0.578. The molecule has 4 aliphatic rings. The third-order valence-corrected chi connectivity index (χ3v) is 6.16. The van der Waals surface area contributed by atoms with Crippen molar-refractivity contribution in [2.45, 2.75) is 57.1 Å². The summed E-state index contributed by atoms with van der Waals surface area (Å²) >= 11 is 0. The Kier molecular flexibility index (Phi) is 5.00. The summed E-state index contributed by atoms with van der Waals surface area (Å²) in [6, 6.07) is 0.384. The van der Waals surface area contributed by atoms with E-state index in [0.717, 1.165) is 64.8 Å². The Bertz CT molecular complexity index is 413. The number of unbranched alkanes of at least 4 members (excludes halogenated alkanes) is 1. The highest BCUT2D eigenvalue weighted by atomic mass is 16.5. The van der Waals surface area contributed by atoms with Gasteiger partial charge in [0.2, 0.25) is 5.91 Å². The van der Waals surface area contributed by atoms with Crippen molar-refractivity contribution in [3.63, 3.8) is 0 Å². The van der Waals surface area contributed by atoms with Crippen LogP contribution in [0.5, 0.6) is 0 Å². The molecule has 0 radical (unpaired) electrons. The van der Waals surface area contributed by atoms with Crippen molar-refractivity contribution in [1.82, 2.24) is 4.90 Å². The molecule has 0 aromatic carbocycles. The van der Waals surface area contributed by atoms with Gasteiger partial charge in [-0.05, 0) is 50.4 Å². The van der Waals surface area contributed by atoms with Crippen LogP contribution in [-0.2, 0) is 19.0 Å². The summed E-state index contributed by atoms with van der Waals surface area (Å²) in [6.07, 6.45) is 7.53. The minimum absolute atomic E-state index is 0.0493. The smallest absolute Gasteiger partial charge is 0.228 e. The van der Waals surface area contributed by atoms with Crippen molar-refractivity contribution >= 4 is 5.91 Å². The van der Waals surface area contributed by atoms with Crippen LogP contribution in [0.25, 0.3) is 0 Å². The van der Waals surface area contributed by atoms with Gasteiger partial charge in [-0.15, -0.1) is 0 Å². The van der Waals surface area contributed by atoms with Crippen molar-refractivity contribution in [2.24, 2.45) is 10.8 Å². The van der Waals surface area contributed by atoms with E-state index >= 15 is 0 Å². The molecular weight excluding hydrogens is 294 g/mol. The van der Waals surface area contributed by atoms with E-state index in [9.17, 15) is 4.79 Å². The lowest BCUT2D eigenvalue weighted by molar-refractivity contribution is -0.236. The van der Waals surface area contributed by atoms with Gasteiger partial charge < -0.3 is 19.1 Å². The first-order chi connectivity index (χ1) is 11.0. The zero-order valence-corrected chi connectivity index (χ0v) is 14.8. The molecule has 0 spiro atoms. The number of nitrogens with zero attached hydrogens (tertiary/aromatic N) is 1. The summed E-state index contributed by atoms with van der Waals surface area (Å²) in [5.74, 6) is 0.360. The van der Waals surface area contributed by atoms with E-state index in [1.807, 2.05) is 11.9 Å². The van der Waals surface area contributed by atoms with Gasteiger partial charge in [0.15, 0.2) is 0 Å². The Morgan fingerprint density at radius 1 is 1.13 bits per heavy atom. The number of ether oxygens (including phenoxy) is 3. The molecule has 132 valence electrons. The van der Waals surface area contributed by atoms with E-state index < -0.39 is 0 Å². The number of hydrogen-bond donors (Lipinski definition) is 0. The molecule has 2 bridgehead atoms. The molecule has 0 heterocycles. The van der Waals surface area contributed by atoms with Gasteiger partial charge in [-0.2, -0.15) is 0 Å². The van der Waals surface area contributed by atoms with Crippen LogP contribution in [-0.4, -0.2) is 64.0 Å². The van der Waals surface area contributed by atoms with Gasteiger partial charge in [0.05, 0.1) is 18.1 Å². The van der Waals surface area contributed by atoms with Gasteiger partial charge in [-0.25, -0.2) is 0 Å². The van der Waals surface area contributed by atoms with Gasteiger partial charge in [0.25, 0.3) is 0 Å². The molecule has 5 heteroatoms. The normalized spacial score (nSPS) is 37.5. The number of carbonyl (C=O) groups excluding carboxylic acids is 1. The topological polar surface area (TPSA) is 48.0 Å². The van der Waals surface area contributed by atoms with Crippen molar-refractivity contribution in [2.75, 3.05) is 41.1 Å². The zero-order valence-electron chi connectivity index (χ0n) is 14.8. The molecule has 23 heavy (non-hydrogen) atoms. The van der Waals surface area contributed by atoms with Gasteiger partial charge in [0.1, 0.15) is 0 Å². The van der Waals surface area contributed by atoms with E-state index in [0.29, 0.717) is 23.5 Å². The first-order valence-corrected chi connectivity index (χ1v) is 8.91. The van der Waals surface area contributed by atoms with E-state index in [-0.39, 0.29) is 5.41 Å². The molecule has 4 saturated carbocycles. The summed E-state index contributed by atoms with van der Waals surface area (Å²) < 4.78 is 16.2. The molecule has 0 aromatic rings. The first-order valence-electron chi connectivity index (χ1n) is 8.91. The van der Waals surface area contributed by atoms with Gasteiger partial charge in [-0.1, -0.05) is 0 Å². The SMILES string of the molecule is COCCCCOCC12CC(C(=O)N(C)C3CC(OC)C3)(C1)C2. The van der Waals surface area contributed by atoms with Crippen LogP contribution < -0.4 is 0 Å². The minimum Gasteiger partial charge on any atom is -0.385 e. The maximum absolute atomic E-state index is 12.7. The summed E-state index contributed by atoms with van der Waals surface area (Å²) in [5.41, 5.74) is 0.263. The van der Waals surface area contributed by atoms with Crippen molar-refractivity contribution in [3.8, 4) is 0 Å². The van der Waals surface area contributed by atoms with Gasteiger partial charge >= 0.3 is 0 Å². The molecule has 5 nitrogen and oxygen atoms in total. The fourth-order valence-corrected chi connectivity index (χ4v) is 4.70. The lowest BCUT2D eigenvalue weighted by Gasteiger charge is -2.70. The highest BCUT2D eigenvalue weighted by molar-refractivity contribution is 5.86. The lowest BCUT2D eigenvalue weighted by Crippen LogP contribution is -2.70. The van der Waals surface area contributed by atoms with E-state index in [1.165, 1.54) is 0 Å². The van der Waals surface area contributed by atoms with E-state index in [2.05, 4.69) is 0 Å². The number of amides is 1. The summed E-state index contributed by atoms with van der Waals surface area (Å²) in [5, 5.41) is 0.